The largest absolute Gasteiger partial charge is 0.392 e. The smallest absolute Gasteiger partial charge is 0.241 e. The summed E-state index contributed by atoms with van der Waals surface area (Å²) in [6.45, 7) is 4.20. The minimum Gasteiger partial charge on any atom is -0.392 e. The van der Waals surface area contributed by atoms with Crippen molar-refractivity contribution in [1.82, 2.24) is 15.0 Å². The maximum Gasteiger partial charge on any atom is 0.241 e. The van der Waals surface area contributed by atoms with Crippen molar-refractivity contribution in [1.29, 1.82) is 0 Å². The van der Waals surface area contributed by atoms with Gasteiger partial charge >= 0.3 is 0 Å². The van der Waals surface area contributed by atoms with Crippen LogP contribution in [0.3, 0.4) is 0 Å². The average Bonchev–Trinajstić information content (AvgIpc) is 3.00. The van der Waals surface area contributed by atoms with Crippen LogP contribution in [-0.4, -0.2) is 39.3 Å². The molecule has 2 aromatic rings. The topological polar surface area (TPSA) is 62.4 Å². The number of aromatic nitrogens is 2. The summed E-state index contributed by atoms with van der Waals surface area (Å²) in [7, 11) is 0. The fraction of sp³-hybridized carbons (Fsp3) is 0.429. The maximum atomic E-state index is 9.49. The summed E-state index contributed by atoms with van der Waals surface area (Å²) in [4.78, 5) is 6.55. The first-order chi connectivity index (χ1) is 9.22. The summed E-state index contributed by atoms with van der Waals surface area (Å²) < 4.78 is 5.29. The molecule has 1 saturated heterocycles. The summed E-state index contributed by atoms with van der Waals surface area (Å²) in [6, 6.07) is 7.98. The molecule has 0 radical (unpaired) electrons. The highest BCUT2D eigenvalue weighted by atomic mass is 16.5. The Labute approximate surface area is 111 Å². The summed E-state index contributed by atoms with van der Waals surface area (Å²) >= 11 is 0. The van der Waals surface area contributed by atoms with Crippen LogP contribution in [0.25, 0.3) is 11.4 Å². The van der Waals surface area contributed by atoms with Crippen LogP contribution in [0.2, 0.25) is 0 Å². The lowest BCUT2D eigenvalue weighted by Crippen LogP contribution is -2.21. The Kier molecular flexibility index (Phi) is 3.31. The van der Waals surface area contributed by atoms with Crippen molar-refractivity contribution >= 4 is 0 Å². The number of nitrogens with zero attached hydrogens (tertiary/aromatic N) is 3. The van der Waals surface area contributed by atoms with Crippen molar-refractivity contribution in [2.75, 3.05) is 13.1 Å². The first-order valence-electron chi connectivity index (χ1n) is 6.51. The van der Waals surface area contributed by atoms with Crippen LogP contribution in [0.15, 0.2) is 28.8 Å². The van der Waals surface area contributed by atoms with Gasteiger partial charge in [-0.2, -0.15) is 4.98 Å². The second-order valence-corrected chi connectivity index (χ2v) is 5.00. The van der Waals surface area contributed by atoms with E-state index in [1.165, 1.54) is 0 Å². The lowest BCUT2D eigenvalue weighted by atomic mass is 10.1. The monoisotopic (exact) mass is 259 g/mol. The molecule has 0 amide bonds. The second-order valence-electron chi connectivity index (χ2n) is 5.00. The van der Waals surface area contributed by atoms with Crippen molar-refractivity contribution in [2.24, 2.45) is 0 Å². The predicted molar refractivity (Wildman–Crippen MR) is 70.4 cm³/mol. The van der Waals surface area contributed by atoms with Crippen LogP contribution in [0.1, 0.15) is 17.9 Å². The Bertz CT molecular complexity index is 567. The van der Waals surface area contributed by atoms with Crippen LogP contribution in [0.5, 0.6) is 0 Å². The zero-order valence-electron chi connectivity index (χ0n) is 10.9. The first-order valence-corrected chi connectivity index (χ1v) is 6.51. The summed E-state index contributed by atoms with van der Waals surface area (Å²) in [5.41, 5.74) is 2.13. The number of rotatable bonds is 3. The summed E-state index contributed by atoms with van der Waals surface area (Å²) in [5.74, 6) is 1.24. The zero-order valence-corrected chi connectivity index (χ0v) is 10.9. The van der Waals surface area contributed by atoms with Crippen molar-refractivity contribution < 1.29 is 9.63 Å². The van der Waals surface area contributed by atoms with Gasteiger partial charge in [0, 0.05) is 18.7 Å². The van der Waals surface area contributed by atoms with Gasteiger partial charge in [0.1, 0.15) is 0 Å². The van der Waals surface area contributed by atoms with Crippen molar-refractivity contribution in [3.05, 3.63) is 35.7 Å². The highest BCUT2D eigenvalue weighted by molar-refractivity contribution is 5.58. The minimum absolute atomic E-state index is 0.223. The molecule has 19 heavy (non-hydrogen) atoms. The molecule has 1 aliphatic rings. The summed E-state index contributed by atoms with van der Waals surface area (Å²) in [5, 5.41) is 13.5. The first kappa shape index (κ1) is 12.3. The third-order valence-electron chi connectivity index (χ3n) is 3.46. The second kappa shape index (κ2) is 5.11. The fourth-order valence-electron chi connectivity index (χ4n) is 2.40. The van der Waals surface area contributed by atoms with Crippen LogP contribution < -0.4 is 0 Å². The van der Waals surface area contributed by atoms with Crippen molar-refractivity contribution in [2.45, 2.75) is 26.0 Å². The molecule has 5 heteroatoms. The van der Waals surface area contributed by atoms with E-state index in [9.17, 15) is 5.11 Å². The molecule has 100 valence electrons. The molecular weight excluding hydrogens is 242 g/mol. The van der Waals surface area contributed by atoms with Crippen molar-refractivity contribution in [3.63, 3.8) is 0 Å². The zero-order chi connectivity index (χ0) is 13.2. The van der Waals surface area contributed by atoms with Crippen LogP contribution in [0.4, 0.5) is 0 Å². The predicted octanol–water partition coefficient (Wildman–Crippen LogP) is 1.61. The molecule has 1 atom stereocenters. The Morgan fingerprint density at radius 2 is 2.26 bits per heavy atom. The van der Waals surface area contributed by atoms with E-state index in [0.717, 1.165) is 24.1 Å². The number of likely N-dealkylation sites (tertiary alicyclic amines) is 1. The van der Waals surface area contributed by atoms with Crippen molar-refractivity contribution in [3.8, 4) is 11.4 Å². The molecule has 1 aliphatic heterocycles. The average molecular weight is 259 g/mol. The van der Waals surface area contributed by atoms with E-state index in [1.807, 2.05) is 31.2 Å². The number of hydrogen-bond donors (Lipinski definition) is 1. The lowest BCUT2D eigenvalue weighted by Gasteiger charge is -2.10. The van der Waals surface area contributed by atoms with E-state index in [4.69, 9.17) is 4.52 Å². The van der Waals surface area contributed by atoms with E-state index in [0.29, 0.717) is 24.8 Å². The SMILES string of the molecule is Cc1ccccc1-c1noc(CN2CC[C@@H](O)C2)n1. The van der Waals surface area contributed by atoms with Gasteiger partial charge in [-0.15, -0.1) is 0 Å². The van der Waals surface area contributed by atoms with Gasteiger partial charge in [-0.3, -0.25) is 4.90 Å². The van der Waals surface area contributed by atoms with E-state index < -0.39 is 0 Å². The number of hydrogen-bond acceptors (Lipinski definition) is 5. The molecule has 2 heterocycles. The van der Waals surface area contributed by atoms with Gasteiger partial charge in [0.25, 0.3) is 0 Å². The normalized spacial score (nSPS) is 20.0. The molecule has 1 fully saturated rings. The maximum absolute atomic E-state index is 9.49. The number of β-amino-alcohol motifs (C(OH)–C–C–N with tert-alkyl or cyclic N) is 1. The third-order valence-corrected chi connectivity index (χ3v) is 3.46. The van der Waals surface area contributed by atoms with Gasteiger partial charge in [0.2, 0.25) is 11.7 Å². The number of aryl methyl sites for hydroxylation is 1. The molecule has 1 aromatic carbocycles. The quantitative estimate of drug-likeness (QED) is 0.907. The third kappa shape index (κ3) is 2.67. The Balaban J connectivity index is 1.75. The Morgan fingerprint density at radius 3 is 3.00 bits per heavy atom. The van der Waals surface area contributed by atoms with Crippen LogP contribution >= 0.6 is 0 Å². The Hall–Kier alpha value is -1.72. The van der Waals surface area contributed by atoms with Crippen LogP contribution in [-0.2, 0) is 6.54 Å². The van der Waals surface area contributed by atoms with Crippen LogP contribution in [0, 0.1) is 6.92 Å². The van der Waals surface area contributed by atoms with E-state index in [2.05, 4.69) is 15.0 Å². The van der Waals surface area contributed by atoms with Gasteiger partial charge in [-0.05, 0) is 18.9 Å². The van der Waals surface area contributed by atoms with E-state index in [1.54, 1.807) is 0 Å². The number of aliphatic hydroxyl groups excluding tert-OH is 1. The number of benzene rings is 1. The molecule has 1 aromatic heterocycles. The Morgan fingerprint density at radius 1 is 1.42 bits per heavy atom. The van der Waals surface area contributed by atoms with Gasteiger partial charge in [0.15, 0.2) is 0 Å². The molecule has 0 aliphatic carbocycles. The minimum atomic E-state index is -0.223. The molecule has 1 N–H and O–H groups in total. The molecule has 0 spiro atoms. The van der Waals surface area contributed by atoms with E-state index in [-0.39, 0.29) is 6.10 Å². The highest BCUT2D eigenvalue weighted by Crippen LogP contribution is 2.20. The van der Waals surface area contributed by atoms with Gasteiger partial charge in [0.05, 0.1) is 12.6 Å². The number of aliphatic hydroxyl groups is 1. The highest BCUT2D eigenvalue weighted by Gasteiger charge is 2.22. The molecular formula is C14H17N3O2. The lowest BCUT2D eigenvalue weighted by molar-refractivity contribution is 0.169. The standard InChI is InChI=1S/C14H17N3O2/c1-10-4-2-3-5-12(10)14-15-13(19-16-14)9-17-7-6-11(18)8-17/h2-5,11,18H,6-9H2,1H3/t11-/m1/s1. The van der Waals surface area contributed by atoms with Gasteiger partial charge in [-0.25, -0.2) is 0 Å². The van der Waals surface area contributed by atoms with Gasteiger partial charge < -0.3 is 9.63 Å². The molecule has 3 rings (SSSR count). The molecule has 0 bridgehead atoms. The van der Waals surface area contributed by atoms with E-state index >= 15 is 0 Å². The molecule has 5 nitrogen and oxygen atoms in total. The fourth-order valence-corrected chi connectivity index (χ4v) is 2.40. The molecule has 0 saturated carbocycles. The van der Waals surface area contributed by atoms with Gasteiger partial charge in [-0.1, -0.05) is 29.4 Å². The summed E-state index contributed by atoms with van der Waals surface area (Å²) in [6.07, 6.45) is 0.595. The molecule has 0 unspecified atom stereocenters.